The van der Waals surface area contributed by atoms with Gasteiger partial charge in [-0.3, -0.25) is 5.32 Å². The first-order chi connectivity index (χ1) is 13.1. The second-order valence-corrected chi connectivity index (χ2v) is 6.80. The fourth-order valence-electron chi connectivity index (χ4n) is 3.38. The number of nitrogens with zero attached hydrogens (tertiary/aromatic N) is 2. The molecule has 140 valence electrons. The van der Waals surface area contributed by atoms with E-state index in [1.165, 1.54) is 18.2 Å². The number of nitrogens with one attached hydrogen (secondary N) is 1. The molecule has 7 heteroatoms. The zero-order valence-corrected chi connectivity index (χ0v) is 14.7. The van der Waals surface area contributed by atoms with Crippen molar-refractivity contribution in [2.75, 3.05) is 18.4 Å². The molecule has 1 N–H and O–H groups in total. The molecule has 2 aliphatic heterocycles. The van der Waals surface area contributed by atoms with Crippen LogP contribution in [0, 0.1) is 5.82 Å². The van der Waals surface area contributed by atoms with E-state index in [9.17, 15) is 9.18 Å². The van der Waals surface area contributed by atoms with E-state index in [0.29, 0.717) is 31.6 Å². The van der Waals surface area contributed by atoms with E-state index in [-0.39, 0.29) is 5.60 Å². The normalized spacial score (nSPS) is 18.6. The molecule has 4 rings (SSSR count). The summed E-state index contributed by atoms with van der Waals surface area (Å²) in [6.07, 6.45) is 1.53. The third kappa shape index (κ3) is 4.09. The van der Waals surface area contributed by atoms with Gasteiger partial charge >= 0.3 is 6.09 Å². The van der Waals surface area contributed by atoms with Crippen LogP contribution >= 0.6 is 0 Å². The molecule has 0 unspecified atom stereocenters. The number of benzene rings is 2. The van der Waals surface area contributed by atoms with Crippen LogP contribution in [-0.2, 0) is 9.68 Å². The number of rotatable bonds is 3. The highest BCUT2D eigenvalue weighted by atomic mass is 19.1. The van der Waals surface area contributed by atoms with E-state index in [1.807, 2.05) is 30.3 Å². The minimum Gasteiger partial charge on any atom is -0.388 e. The molecule has 0 saturated carbocycles. The molecule has 0 radical (unpaired) electrons. The summed E-state index contributed by atoms with van der Waals surface area (Å²) in [5, 5.41) is 8.40. The highest BCUT2D eigenvalue weighted by Gasteiger charge is 2.43. The molecular weight excluding hydrogens is 349 g/mol. The van der Waals surface area contributed by atoms with Gasteiger partial charge in [-0.05, 0) is 23.8 Å². The lowest BCUT2D eigenvalue weighted by atomic mass is 9.86. The molecule has 2 aromatic carbocycles. The average Bonchev–Trinajstić information content (AvgIpc) is 3.08. The largest absolute Gasteiger partial charge is 0.430 e. The summed E-state index contributed by atoms with van der Waals surface area (Å²) < 4.78 is 13.2. The Kier molecular flexibility index (Phi) is 4.77. The molecule has 0 bridgehead atoms. The smallest absolute Gasteiger partial charge is 0.388 e. The van der Waals surface area contributed by atoms with Crippen molar-refractivity contribution in [3.8, 4) is 0 Å². The van der Waals surface area contributed by atoms with Crippen LogP contribution in [-0.4, -0.2) is 35.6 Å². The number of hydrogen-bond donors (Lipinski definition) is 1. The second kappa shape index (κ2) is 7.36. The van der Waals surface area contributed by atoms with Gasteiger partial charge in [0, 0.05) is 38.0 Å². The van der Waals surface area contributed by atoms with Crippen LogP contribution in [0.3, 0.4) is 0 Å². The highest BCUT2D eigenvalue weighted by molar-refractivity contribution is 6.01. The number of oxime groups is 1. The molecular formula is C20H20FN3O3. The monoisotopic (exact) mass is 369 g/mol. The van der Waals surface area contributed by atoms with Crippen LogP contribution in [0.25, 0.3) is 0 Å². The van der Waals surface area contributed by atoms with Gasteiger partial charge in [-0.15, -0.1) is 5.06 Å². The minimum atomic E-state index is -0.634. The Morgan fingerprint density at radius 2 is 1.93 bits per heavy atom. The van der Waals surface area contributed by atoms with Gasteiger partial charge in [-0.25, -0.2) is 9.18 Å². The summed E-state index contributed by atoms with van der Waals surface area (Å²) in [6, 6.07) is 15.7. The Morgan fingerprint density at radius 3 is 2.67 bits per heavy atom. The van der Waals surface area contributed by atoms with Crippen molar-refractivity contribution in [1.82, 2.24) is 5.06 Å². The van der Waals surface area contributed by atoms with Crippen LogP contribution in [0.1, 0.15) is 24.8 Å². The lowest BCUT2D eigenvalue weighted by Crippen LogP contribution is -2.45. The first kappa shape index (κ1) is 17.5. The van der Waals surface area contributed by atoms with E-state index < -0.39 is 11.9 Å². The molecule has 0 atom stereocenters. The third-order valence-electron chi connectivity index (χ3n) is 4.86. The zero-order valence-electron chi connectivity index (χ0n) is 14.7. The molecule has 2 aliphatic rings. The van der Waals surface area contributed by atoms with Gasteiger partial charge in [0.15, 0.2) is 0 Å². The molecule has 2 aromatic rings. The number of anilines is 1. The topological polar surface area (TPSA) is 63.2 Å². The maximum Gasteiger partial charge on any atom is 0.430 e. The Bertz CT molecular complexity index is 849. The Morgan fingerprint density at radius 1 is 1.15 bits per heavy atom. The Labute approximate surface area is 156 Å². The number of amides is 1. The molecule has 1 fully saturated rings. The molecule has 1 saturated heterocycles. The highest BCUT2D eigenvalue weighted by Crippen LogP contribution is 2.36. The van der Waals surface area contributed by atoms with Gasteiger partial charge in [-0.2, -0.15) is 0 Å². The van der Waals surface area contributed by atoms with Crippen LogP contribution in [0.2, 0.25) is 0 Å². The predicted molar refractivity (Wildman–Crippen MR) is 98.7 cm³/mol. The van der Waals surface area contributed by atoms with E-state index in [0.717, 1.165) is 17.7 Å². The number of carbonyl (C=O) groups excluding carboxylic acids is 1. The fourth-order valence-corrected chi connectivity index (χ4v) is 3.38. The first-order valence-electron chi connectivity index (χ1n) is 8.92. The van der Waals surface area contributed by atoms with Gasteiger partial charge < -0.3 is 9.68 Å². The number of halogens is 1. The summed E-state index contributed by atoms with van der Waals surface area (Å²) in [7, 11) is 0. The molecule has 1 spiro atoms. The summed E-state index contributed by atoms with van der Waals surface area (Å²) in [5.41, 5.74) is 2.05. The molecule has 6 nitrogen and oxygen atoms in total. The van der Waals surface area contributed by atoms with Gasteiger partial charge in [0.05, 0.1) is 5.71 Å². The summed E-state index contributed by atoms with van der Waals surface area (Å²) >= 11 is 0. The second-order valence-electron chi connectivity index (χ2n) is 6.80. The number of hydrogen-bond acceptors (Lipinski definition) is 5. The summed E-state index contributed by atoms with van der Waals surface area (Å²) in [5.74, 6) is -0.416. The maximum atomic E-state index is 13.2. The quantitative estimate of drug-likeness (QED) is 0.890. The van der Waals surface area contributed by atoms with Crippen LogP contribution in [0.4, 0.5) is 14.9 Å². The van der Waals surface area contributed by atoms with Crippen LogP contribution in [0.5, 0.6) is 0 Å². The van der Waals surface area contributed by atoms with Crippen molar-refractivity contribution in [3.05, 3.63) is 66.0 Å². The van der Waals surface area contributed by atoms with E-state index in [1.54, 1.807) is 11.1 Å². The number of hydroxylamine groups is 2. The lowest BCUT2D eigenvalue weighted by Gasteiger charge is -2.35. The van der Waals surface area contributed by atoms with Gasteiger partial charge in [0.2, 0.25) is 0 Å². The molecule has 2 heterocycles. The van der Waals surface area contributed by atoms with Crippen molar-refractivity contribution in [1.29, 1.82) is 0 Å². The van der Waals surface area contributed by atoms with E-state index in [4.69, 9.17) is 9.68 Å². The number of piperidine rings is 1. The fraction of sp³-hybridized carbons (Fsp3) is 0.300. The Balaban J connectivity index is 1.28. The standard InChI is InChI=1S/C20H20FN3O3/c21-16-7-4-8-17(13-16)22-19(25)26-24-11-9-20(10-12-24)14-18(23-27-20)15-5-2-1-3-6-15/h1-8,13H,9-12,14H2,(H,22,25). The summed E-state index contributed by atoms with van der Waals surface area (Å²) in [4.78, 5) is 23.1. The molecule has 1 amide bonds. The number of carbonyl (C=O) groups is 1. The summed E-state index contributed by atoms with van der Waals surface area (Å²) in [6.45, 7) is 1.10. The van der Waals surface area contributed by atoms with Crippen molar-refractivity contribution >= 4 is 17.5 Å². The van der Waals surface area contributed by atoms with Crippen molar-refractivity contribution in [3.63, 3.8) is 0 Å². The van der Waals surface area contributed by atoms with E-state index in [2.05, 4.69) is 10.5 Å². The third-order valence-corrected chi connectivity index (χ3v) is 4.86. The van der Waals surface area contributed by atoms with Crippen molar-refractivity contribution < 1.29 is 18.9 Å². The van der Waals surface area contributed by atoms with Crippen LogP contribution in [0.15, 0.2) is 59.8 Å². The van der Waals surface area contributed by atoms with Gasteiger partial charge in [0.25, 0.3) is 0 Å². The van der Waals surface area contributed by atoms with Gasteiger partial charge in [-0.1, -0.05) is 41.6 Å². The molecule has 0 aliphatic carbocycles. The van der Waals surface area contributed by atoms with E-state index >= 15 is 0 Å². The molecule has 27 heavy (non-hydrogen) atoms. The lowest BCUT2D eigenvalue weighted by molar-refractivity contribution is -0.154. The SMILES string of the molecule is O=C(Nc1cccc(F)c1)ON1CCC2(CC1)CC(c1ccccc1)=NO2. The van der Waals surface area contributed by atoms with Crippen molar-refractivity contribution in [2.45, 2.75) is 24.9 Å². The Hall–Kier alpha value is -2.93. The maximum absolute atomic E-state index is 13.2. The van der Waals surface area contributed by atoms with Gasteiger partial charge in [0.1, 0.15) is 11.4 Å². The zero-order chi connectivity index (χ0) is 18.7. The minimum absolute atomic E-state index is 0.329. The van der Waals surface area contributed by atoms with Crippen molar-refractivity contribution in [2.24, 2.45) is 5.16 Å². The average molecular weight is 369 g/mol. The molecule has 0 aromatic heterocycles. The first-order valence-corrected chi connectivity index (χ1v) is 8.92. The van der Waals surface area contributed by atoms with Crippen LogP contribution < -0.4 is 5.32 Å². The predicted octanol–water partition coefficient (Wildman–Crippen LogP) is 3.95.